The molecule has 6 nitrogen and oxygen atoms in total. The van der Waals surface area contributed by atoms with Gasteiger partial charge in [-0.3, -0.25) is 4.99 Å². The summed E-state index contributed by atoms with van der Waals surface area (Å²) in [6, 6.07) is 9.29. The van der Waals surface area contributed by atoms with Crippen LogP contribution in [-0.2, 0) is 11.3 Å². The number of anilines is 1. The first-order chi connectivity index (χ1) is 14.3. The number of hydrogen-bond acceptors (Lipinski definition) is 4. The van der Waals surface area contributed by atoms with Gasteiger partial charge in [0.05, 0.1) is 6.61 Å². The van der Waals surface area contributed by atoms with Crippen molar-refractivity contribution in [1.29, 1.82) is 0 Å². The molecule has 3 aliphatic rings. The SMILES string of the molecule is CN=C(NCc1cccc(N2CC=CC2)c1)NC1CCN(CC2CCOC2)CC1.I. The van der Waals surface area contributed by atoms with Gasteiger partial charge >= 0.3 is 0 Å². The summed E-state index contributed by atoms with van der Waals surface area (Å²) in [4.78, 5) is 9.42. The molecule has 166 valence electrons. The van der Waals surface area contributed by atoms with E-state index in [2.05, 4.69) is 61.8 Å². The third-order valence-corrected chi connectivity index (χ3v) is 6.25. The quantitative estimate of drug-likeness (QED) is 0.259. The molecule has 0 saturated carbocycles. The fourth-order valence-corrected chi connectivity index (χ4v) is 4.48. The van der Waals surface area contributed by atoms with Gasteiger partial charge in [-0.25, -0.2) is 0 Å². The lowest BCUT2D eigenvalue weighted by atomic mass is 10.0. The monoisotopic (exact) mass is 525 g/mol. The van der Waals surface area contributed by atoms with E-state index in [1.54, 1.807) is 0 Å². The number of nitrogens with zero attached hydrogens (tertiary/aromatic N) is 3. The maximum Gasteiger partial charge on any atom is 0.191 e. The molecule has 0 aliphatic carbocycles. The molecule has 2 saturated heterocycles. The van der Waals surface area contributed by atoms with Crippen LogP contribution in [0.1, 0.15) is 24.8 Å². The Balaban J connectivity index is 0.00000256. The Hall–Kier alpha value is -1.32. The number of benzene rings is 1. The van der Waals surface area contributed by atoms with Gasteiger partial charge < -0.3 is 25.2 Å². The summed E-state index contributed by atoms with van der Waals surface area (Å²) >= 11 is 0. The van der Waals surface area contributed by atoms with Crippen LogP contribution in [0.2, 0.25) is 0 Å². The van der Waals surface area contributed by atoms with E-state index >= 15 is 0 Å². The minimum absolute atomic E-state index is 0. The summed E-state index contributed by atoms with van der Waals surface area (Å²) in [7, 11) is 1.86. The standard InChI is InChI=1S/C23H35N5O.HI/c1-24-23(25-16-19-5-4-6-22(15-19)28-10-2-3-11-28)26-21-7-12-27(13-8-21)17-20-9-14-29-18-20;/h2-6,15,20-21H,7-14,16-18H2,1H3,(H2,24,25,26);1H. The number of piperidine rings is 1. The van der Waals surface area contributed by atoms with E-state index in [4.69, 9.17) is 4.74 Å². The number of likely N-dealkylation sites (tertiary alicyclic amines) is 1. The van der Waals surface area contributed by atoms with Gasteiger partial charge in [0.25, 0.3) is 0 Å². The highest BCUT2D eigenvalue weighted by Crippen LogP contribution is 2.19. The van der Waals surface area contributed by atoms with Crippen LogP contribution < -0.4 is 15.5 Å². The molecule has 1 aromatic carbocycles. The number of hydrogen-bond donors (Lipinski definition) is 2. The van der Waals surface area contributed by atoms with Gasteiger partial charge in [0.2, 0.25) is 0 Å². The highest BCUT2D eigenvalue weighted by molar-refractivity contribution is 14.0. The topological polar surface area (TPSA) is 52.1 Å². The van der Waals surface area contributed by atoms with Crippen LogP contribution in [0.3, 0.4) is 0 Å². The van der Waals surface area contributed by atoms with Gasteiger partial charge in [-0.1, -0.05) is 24.3 Å². The molecule has 0 amide bonds. The van der Waals surface area contributed by atoms with Crippen molar-refractivity contribution in [2.45, 2.75) is 31.8 Å². The predicted molar refractivity (Wildman–Crippen MR) is 135 cm³/mol. The first-order valence-corrected chi connectivity index (χ1v) is 11.1. The molecule has 4 rings (SSSR count). The van der Waals surface area contributed by atoms with E-state index in [0.29, 0.717) is 6.04 Å². The van der Waals surface area contributed by atoms with E-state index in [-0.39, 0.29) is 24.0 Å². The van der Waals surface area contributed by atoms with Gasteiger partial charge in [0.15, 0.2) is 5.96 Å². The minimum atomic E-state index is 0. The Morgan fingerprint density at radius 3 is 2.67 bits per heavy atom. The van der Waals surface area contributed by atoms with E-state index in [9.17, 15) is 0 Å². The van der Waals surface area contributed by atoms with Crippen molar-refractivity contribution < 1.29 is 4.74 Å². The van der Waals surface area contributed by atoms with E-state index in [1.165, 1.54) is 37.1 Å². The first kappa shape index (κ1) is 23.3. The molecule has 30 heavy (non-hydrogen) atoms. The summed E-state index contributed by atoms with van der Waals surface area (Å²) in [6.07, 6.45) is 8.02. The van der Waals surface area contributed by atoms with E-state index < -0.39 is 0 Å². The van der Waals surface area contributed by atoms with Gasteiger partial charge in [0.1, 0.15) is 0 Å². The third-order valence-electron chi connectivity index (χ3n) is 6.25. The lowest BCUT2D eigenvalue weighted by Gasteiger charge is -2.34. The van der Waals surface area contributed by atoms with Crippen LogP contribution in [0.4, 0.5) is 5.69 Å². The van der Waals surface area contributed by atoms with Crippen LogP contribution >= 0.6 is 24.0 Å². The second-order valence-electron chi connectivity index (χ2n) is 8.42. The fourth-order valence-electron chi connectivity index (χ4n) is 4.48. The third kappa shape index (κ3) is 6.59. The van der Waals surface area contributed by atoms with Gasteiger partial charge in [-0.05, 0) is 42.9 Å². The molecular formula is C23H36IN5O. The van der Waals surface area contributed by atoms with Crippen molar-refractivity contribution in [3.63, 3.8) is 0 Å². The van der Waals surface area contributed by atoms with Gasteiger partial charge in [-0.15, -0.1) is 24.0 Å². The number of ether oxygens (including phenoxy) is 1. The van der Waals surface area contributed by atoms with Crippen molar-refractivity contribution in [2.24, 2.45) is 10.9 Å². The summed E-state index contributed by atoms with van der Waals surface area (Å²) in [5.74, 6) is 1.64. The number of rotatable bonds is 6. The summed E-state index contributed by atoms with van der Waals surface area (Å²) in [6.45, 7) is 8.22. The fraction of sp³-hybridized carbons (Fsp3) is 0.609. The van der Waals surface area contributed by atoms with E-state index in [0.717, 1.165) is 57.8 Å². The summed E-state index contributed by atoms with van der Waals surface area (Å²) in [5.41, 5.74) is 2.57. The highest BCUT2D eigenvalue weighted by atomic mass is 127. The molecule has 2 N–H and O–H groups in total. The molecule has 0 spiro atoms. The van der Waals surface area contributed by atoms with Crippen LogP contribution in [0, 0.1) is 5.92 Å². The van der Waals surface area contributed by atoms with E-state index in [1.807, 2.05) is 7.05 Å². The molecule has 3 aliphatic heterocycles. The average molecular weight is 525 g/mol. The number of nitrogens with one attached hydrogen (secondary N) is 2. The molecule has 0 bridgehead atoms. The minimum Gasteiger partial charge on any atom is -0.381 e. The lowest BCUT2D eigenvalue weighted by molar-refractivity contribution is 0.150. The van der Waals surface area contributed by atoms with Crippen LogP contribution in [0.25, 0.3) is 0 Å². The van der Waals surface area contributed by atoms with Crippen molar-refractivity contribution in [1.82, 2.24) is 15.5 Å². The van der Waals surface area contributed by atoms with Crippen molar-refractivity contribution in [2.75, 3.05) is 57.9 Å². The highest BCUT2D eigenvalue weighted by Gasteiger charge is 2.24. The van der Waals surface area contributed by atoms with Crippen molar-refractivity contribution in [3.05, 3.63) is 42.0 Å². The predicted octanol–water partition coefficient (Wildman–Crippen LogP) is 2.85. The molecular weight excluding hydrogens is 489 g/mol. The Morgan fingerprint density at radius 2 is 1.97 bits per heavy atom. The van der Waals surface area contributed by atoms with Crippen molar-refractivity contribution in [3.8, 4) is 0 Å². The molecule has 1 unspecified atom stereocenters. The zero-order valence-corrected chi connectivity index (χ0v) is 20.4. The smallest absolute Gasteiger partial charge is 0.191 e. The molecule has 3 heterocycles. The zero-order valence-electron chi connectivity index (χ0n) is 18.1. The Bertz CT molecular complexity index is 703. The molecule has 0 aromatic heterocycles. The lowest BCUT2D eigenvalue weighted by Crippen LogP contribution is -2.49. The Kier molecular flexibility index (Phi) is 9.27. The molecule has 0 radical (unpaired) electrons. The number of aliphatic imine (C=N–C) groups is 1. The first-order valence-electron chi connectivity index (χ1n) is 11.1. The van der Waals surface area contributed by atoms with Crippen molar-refractivity contribution >= 4 is 35.6 Å². The second kappa shape index (κ2) is 11.9. The molecule has 1 aromatic rings. The van der Waals surface area contributed by atoms with Crippen LogP contribution in [-0.4, -0.2) is 69.9 Å². The Labute approximate surface area is 198 Å². The summed E-state index contributed by atoms with van der Waals surface area (Å²) in [5, 5.41) is 7.12. The largest absolute Gasteiger partial charge is 0.381 e. The molecule has 1 atom stereocenters. The van der Waals surface area contributed by atoms with Gasteiger partial charge in [0, 0.05) is 64.7 Å². The maximum atomic E-state index is 5.52. The van der Waals surface area contributed by atoms with Crippen LogP contribution in [0.15, 0.2) is 41.4 Å². The second-order valence-corrected chi connectivity index (χ2v) is 8.42. The van der Waals surface area contributed by atoms with Gasteiger partial charge in [-0.2, -0.15) is 0 Å². The van der Waals surface area contributed by atoms with Crippen LogP contribution in [0.5, 0.6) is 0 Å². The average Bonchev–Trinajstić information content (AvgIpc) is 3.47. The number of guanidine groups is 1. The molecule has 7 heteroatoms. The molecule has 2 fully saturated rings. The normalized spacial score (nSPS) is 22.9. The Morgan fingerprint density at radius 1 is 1.17 bits per heavy atom. The summed E-state index contributed by atoms with van der Waals surface area (Å²) < 4.78 is 5.52. The maximum absolute atomic E-state index is 5.52. The number of halogens is 1. The zero-order chi connectivity index (χ0) is 19.9.